The lowest BCUT2D eigenvalue weighted by Gasteiger charge is -2.30. The first-order valence-corrected chi connectivity index (χ1v) is 4.89. The van der Waals surface area contributed by atoms with E-state index in [1.165, 1.54) is 12.4 Å². The van der Waals surface area contributed by atoms with Crippen molar-refractivity contribution in [2.45, 2.75) is 31.1 Å². The molecule has 0 aliphatic heterocycles. The number of hydrogen-bond acceptors (Lipinski definition) is 2. The van der Waals surface area contributed by atoms with E-state index < -0.39 is 11.8 Å². The van der Waals surface area contributed by atoms with Crippen molar-refractivity contribution in [2.24, 2.45) is 0 Å². The summed E-state index contributed by atoms with van der Waals surface area (Å²) in [6.07, 6.45) is 2.55. The van der Waals surface area contributed by atoms with E-state index in [1.807, 2.05) is 0 Å². The van der Waals surface area contributed by atoms with Gasteiger partial charge in [0.15, 0.2) is 0 Å². The second-order valence-corrected chi connectivity index (χ2v) is 3.84. The van der Waals surface area contributed by atoms with Crippen LogP contribution >= 0.6 is 0 Å². The van der Waals surface area contributed by atoms with Crippen LogP contribution in [0.1, 0.15) is 30.7 Å². The van der Waals surface area contributed by atoms with Crippen molar-refractivity contribution in [3.63, 3.8) is 0 Å². The van der Waals surface area contributed by atoms with Crippen molar-refractivity contribution in [3.8, 4) is 0 Å². The Morgan fingerprint density at radius 1 is 1.33 bits per heavy atom. The highest BCUT2D eigenvalue weighted by molar-refractivity contribution is 5.80. The highest BCUT2D eigenvalue weighted by Gasteiger charge is 2.44. The van der Waals surface area contributed by atoms with Crippen LogP contribution in [-0.4, -0.2) is 16.7 Å². The first-order chi connectivity index (χ1) is 7.09. The molecule has 1 aromatic rings. The zero-order chi connectivity index (χ0) is 10.9. The Bertz CT molecular complexity index is 364. The van der Waals surface area contributed by atoms with Gasteiger partial charge in [-0.25, -0.2) is 8.78 Å². The van der Waals surface area contributed by atoms with Gasteiger partial charge < -0.3 is 0 Å². The van der Waals surface area contributed by atoms with Crippen LogP contribution < -0.4 is 0 Å². The molecule has 80 valence electrons. The van der Waals surface area contributed by atoms with Gasteiger partial charge in [-0.3, -0.25) is 9.78 Å². The van der Waals surface area contributed by atoms with Gasteiger partial charge in [-0.15, -0.1) is 0 Å². The van der Waals surface area contributed by atoms with E-state index in [4.69, 9.17) is 0 Å². The van der Waals surface area contributed by atoms with Crippen LogP contribution in [0.5, 0.6) is 0 Å². The molecule has 1 fully saturated rings. The number of rotatable bonds is 1. The standard InChI is InChI=1S/C11H11F2NO/c12-11(13)4-1-9(15)7-10(11)8-2-5-14-6-3-8/h2-3,5-6,10H,1,4,7H2/t10-/m0/s1. The Labute approximate surface area is 86.3 Å². The summed E-state index contributed by atoms with van der Waals surface area (Å²) in [6.45, 7) is 0. The molecule has 0 radical (unpaired) electrons. The third kappa shape index (κ3) is 2.03. The Morgan fingerprint density at radius 2 is 2.00 bits per heavy atom. The van der Waals surface area contributed by atoms with Crippen LogP contribution in [-0.2, 0) is 4.79 Å². The first kappa shape index (κ1) is 10.2. The fourth-order valence-corrected chi connectivity index (χ4v) is 1.92. The molecule has 2 nitrogen and oxygen atoms in total. The van der Waals surface area contributed by atoms with Gasteiger partial charge in [0.05, 0.1) is 5.92 Å². The Kier molecular flexibility index (Phi) is 2.50. The first-order valence-electron chi connectivity index (χ1n) is 4.89. The molecular weight excluding hydrogens is 200 g/mol. The number of ketones is 1. The minimum Gasteiger partial charge on any atom is -0.300 e. The molecule has 0 spiro atoms. The third-order valence-electron chi connectivity index (χ3n) is 2.79. The molecule has 1 heterocycles. The fourth-order valence-electron chi connectivity index (χ4n) is 1.92. The minimum atomic E-state index is -2.77. The van der Waals surface area contributed by atoms with Crippen LogP contribution in [0, 0.1) is 0 Å². The smallest absolute Gasteiger partial charge is 0.255 e. The predicted molar refractivity (Wildman–Crippen MR) is 50.8 cm³/mol. The van der Waals surface area contributed by atoms with Crippen LogP contribution in [0.3, 0.4) is 0 Å². The maximum Gasteiger partial charge on any atom is 0.255 e. The molecule has 0 N–H and O–H groups in total. The van der Waals surface area contributed by atoms with Crippen LogP contribution in [0.4, 0.5) is 8.78 Å². The largest absolute Gasteiger partial charge is 0.300 e. The van der Waals surface area contributed by atoms with Gasteiger partial charge >= 0.3 is 0 Å². The Morgan fingerprint density at radius 3 is 2.67 bits per heavy atom. The third-order valence-corrected chi connectivity index (χ3v) is 2.79. The summed E-state index contributed by atoms with van der Waals surface area (Å²) >= 11 is 0. The lowest BCUT2D eigenvalue weighted by molar-refractivity contribution is -0.130. The SMILES string of the molecule is O=C1CCC(F)(F)[C@H](c2ccncc2)C1. The van der Waals surface area contributed by atoms with Gasteiger partial charge in [0.25, 0.3) is 5.92 Å². The molecule has 0 unspecified atom stereocenters. The highest BCUT2D eigenvalue weighted by Crippen LogP contribution is 2.43. The zero-order valence-electron chi connectivity index (χ0n) is 8.12. The van der Waals surface area contributed by atoms with Crippen LogP contribution in [0.2, 0.25) is 0 Å². The van der Waals surface area contributed by atoms with Crippen molar-refractivity contribution in [3.05, 3.63) is 30.1 Å². The van der Waals surface area contributed by atoms with Crippen LogP contribution in [0.25, 0.3) is 0 Å². The van der Waals surface area contributed by atoms with E-state index in [2.05, 4.69) is 4.98 Å². The average molecular weight is 211 g/mol. The van der Waals surface area contributed by atoms with E-state index in [0.717, 1.165) is 0 Å². The lowest BCUT2D eigenvalue weighted by atomic mass is 9.80. The monoisotopic (exact) mass is 211 g/mol. The van der Waals surface area contributed by atoms with Gasteiger partial charge in [-0.2, -0.15) is 0 Å². The van der Waals surface area contributed by atoms with Gasteiger partial charge in [-0.05, 0) is 17.7 Å². The highest BCUT2D eigenvalue weighted by atomic mass is 19.3. The number of alkyl halides is 2. The van der Waals surface area contributed by atoms with Crippen molar-refractivity contribution < 1.29 is 13.6 Å². The number of nitrogens with zero attached hydrogens (tertiary/aromatic N) is 1. The maximum atomic E-state index is 13.6. The van der Waals surface area contributed by atoms with E-state index in [0.29, 0.717) is 5.56 Å². The molecule has 1 aromatic heterocycles. The normalized spacial score (nSPS) is 25.2. The number of aromatic nitrogens is 1. The van der Waals surface area contributed by atoms with Crippen molar-refractivity contribution >= 4 is 5.78 Å². The second kappa shape index (κ2) is 3.68. The molecule has 4 heteroatoms. The summed E-state index contributed by atoms with van der Waals surface area (Å²) in [4.78, 5) is 15.0. The van der Waals surface area contributed by atoms with Gasteiger partial charge in [-0.1, -0.05) is 0 Å². The summed E-state index contributed by atoms with van der Waals surface area (Å²) in [6, 6.07) is 3.11. The number of halogens is 2. The topological polar surface area (TPSA) is 30.0 Å². The van der Waals surface area contributed by atoms with Gasteiger partial charge in [0.1, 0.15) is 5.78 Å². The van der Waals surface area contributed by atoms with E-state index >= 15 is 0 Å². The molecule has 1 saturated carbocycles. The summed E-state index contributed by atoms with van der Waals surface area (Å²) in [5.74, 6) is -3.82. The quantitative estimate of drug-likeness (QED) is 0.714. The van der Waals surface area contributed by atoms with E-state index in [-0.39, 0.29) is 25.0 Å². The number of Topliss-reactive ketones (excluding diaryl/α,β-unsaturated/α-hetero) is 1. The van der Waals surface area contributed by atoms with E-state index in [1.54, 1.807) is 12.1 Å². The number of hydrogen-bond donors (Lipinski definition) is 0. The van der Waals surface area contributed by atoms with Crippen molar-refractivity contribution in [1.82, 2.24) is 4.98 Å². The Hall–Kier alpha value is -1.32. The second-order valence-electron chi connectivity index (χ2n) is 3.84. The molecule has 1 aliphatic rings. The lowest BCUT2D eigenvalue weighted by Crippen LogP contribution is -2.33. The molecule has 1 atom stereocenters. The summed E-state index contributed by atoms with van der Waals surface area (Å²) < 4.78 is 27.1. The molecule has 0 amide bonds. The maximum absolute atomic E-state index is 13.6. The van der Waals surface area contributed by atoms with Crippen LogP contribution in [0.15, 0.2) is 24.5 Å². The molecule has 0 bridgehead atoms. The van der Waals surface area contributed by atoms with Gasteiger partial charge in [0.2, 0.25) is 0 Å². The fraction of sp³-hybridized carbons (Fsp3) is 0.455. The molecule has 0 saturated heterocycles. The number of pyridine rings is 1. The number of carbonyl (C=O) groups is 1. The summed E-state index contributed by atoms with van der Waals surface area (Å²) in [7, 11) is 0. The van der Waals surface area contributed by atoms with Crippen molar-refractivity contribution in [1.29, 1.82) is 0 Å². The average Bonchev–Trinajstić information content (AvgIpc) is 2.23. The molecular formula is C11H11F2NO. The van der Waals surface area contributed by atoms with E-state index in [9.17, 15) is 13.6 Å². The molecule has 15 heavy (non-hydrogen) atoms. The van der Waals surface area contributed by atoms with Crippen molar-refractivity contribution in [2.75, 3.05) is 0 Å². The zero-order valence-corrected chi connectivity index (χ0v) is 8.12. The summed E-state index contributed by atoms with van der Waals surface area (Å²) in [5, 5.41) is 0. The Balaban J connectivity index is 2.29. The molecule has 0 aromatic carbocycles. The molecule has 1 aliphatic carbocycles. The molecule has 2 rings (SSSR count). The number of carbonyl (C=O) groups excluding carboxylic acids is 1. The minimum absolute atomic E-state index is 0.00537. The predicted octanol–water partition coefficient (Wildman–Crippen LogP) is 2.55. The summed E-state index contributed by atoms with van der Waals surface area (Å²) in [5.41, 5.74) is 0.503. The van der Waals surface area contributed by atoms with Gasteiger partial charge in [0, 0.05) is 31.7 Å².